The van der Waals surface area contributed by atoms with Crippen LogP contribution in [0.2, 0.25) is 5.02 Å². The van der Waals surface area contributed by atoms with Crippen LogP contribution < -0.4 is 0 Å². The number of carbonyl (C=O) groups is 1. The summed E-state index contributed by atoms with van der Waals surface area (Å²) in [4.78, 5) is 11.7. The third-order valence-corrected chi connectivity index (χ3v) is 2.59. The topological polar surface area (TPSA) is 26.3 Å². The van der Waals surface area contributed by atoms with E-state index < -0.39 is 0 Å². The van der Waals surface area contributed by atoms with Gasteiger partial charge >= 0.3 is 0 Å². The maximum atomic E-state index is 11.7. The Hall–Kier alpha value is -0.380. The summed E-state index contributed by atoms with van der Waals surface area (Å²) >= 11 is 9.21. The van der Waals surface area contributed by atoms with Crippen molar-refractivity contribution in [3.8, 4) is 0 Å². The van der Waals surface area contributed by atoms with Crippen LogP contribution in [0.5, 0.6) is 0 Å². The zero-order chi connectivity index (χ0) is 11.4. The zero-order valence-corrected chi connectivity index (χ0v) is 10.9. The normalized spacial score (nSPS) is 10.7. The Balaban J connectivity index is 2.74. The largest absolute Gasteiger partial charge is 0.371 e. The number of halogens is 2. The van der Waals surface area contributed by atoms with Gasteiger partial charge in [-0.05, 0) is 32.0 Å². The molecule has 1 aromatic rings. The molecule has 0 aliphatic heterocycles. The van der Waals surface area contributed by atoms with Crippen molar-refractivity contribution in [1.29, 1.82) is 0 Å². The minimum Gasteiger partial charge on any atom is -0.371 e. The Bertz CT molecular complexity index is 364. The van der Waals surface area contributed by atoms with Crippen molar-refractivity contribution >= 4 is 33.3 Å². The van der Waals surface area contributed by atoms with Gasteiger partial charge in [-0.25, -0.2) is 0 Å². The van der Waals surface area contributed by atoms with E-state index in [1.54, 1.807) is 18.2 Å². The summed E-state index contributed by atoms with van der Waals surface area (Å²) < 4.78 is 6.08. The highest BCUT2D eigenvalue weighted by Crippen LogP contribution is 2.21. The lowest BCUT2D eigenvalue weighted by Crippen LogP contribution is -2.13. The fraction of sp³-hybridized carbons (Fsp3) is 0.364. The van der Waals surface area contributed by atoms with E-state index in [1.165, 1.54) is 0 Å². The second-order valence-electron chi connectivity index (χ2n) is 3.41. The quantitative estimate of drug-likeness (QED) is 0.791. The van der Waals surface area contributed by atoms with Gasteiger partial charge in [-0.15, -0.1) is 0 Å². The third-order valence-electron chi connectivity index (χ3n) is 1.78. The summed E-state index contributed by atoms with van der Waals surface area (Å²) in [6, 6.07) is 5.18. The van der Waals surface area contributed by atoms with Crippen molar-refractivity contribution in [3.05, 3.63) is 33.3 Å². The molecule has 0 saturated carbocycles. The van der Waals surface area contributed by atoms with Gasteiger partial charge in [0.15, 0.2) is 5.78 Å². The minimum absolute atomic E-state index is 0.0446. The monoisotopic (exact) mass is 290 g/mol. The first-order valence-electron chi connectivity index (χ1n) is 4.60. The number of hydrogen-bond donors (Lipinski definition) is 0. The van der Waals surface area contributed by atoms with Gasteiger partial charge in [0, 0.05) is 10.0 Å². The Labute approximate surface area is 103 Å². The lowest BCUT2D eigenvalue weighted by atomic mass is 10.1. The molecular formula is C11H12BrClO2. The Morgan fingerprint density at radius 3 is 2.73 bits per heavy atom. The molecule has 0 amide bonds. The van der Waals surface area contributed by atoms with Gasteiger partial charge in [0.25, 0.3) is 0 Å². The van der Waals surface area contributed by atoms with Crippen LogP contribution in [0.3, 0.4) is 0 Å². The van der Waals surface area contributed by atoms with Crippen LogP contribution in [0.25, 0.3) is 0 Å². The standard InChI is InChI=1S/C11H12BrClO2/c1-7(2)15-6-11(14)9-4-3-8(12)5-10(9)13/h3-5,7H,6H2,1-2H3. The van der Waals surface area contributed by atoms with Crippen LogP contribution in [-0.4, -0.2) is 18.5 Å². The molecule has 0 saturated heterocycles. The highest BCUT2D eigenvalue weighted by Gasteiger charge is 2.11. The summed E-state index contributed by atoms with van der Waals surface area (Å²) in [5.41, 5.74) is 0.500. The number of Topliss-reactive ketones (excluding diaryl/α,β-unsaturated/α-hetero) is 1. The molecule has 0 radical (unpaired) electrons. The number of carbonyl (C=O) groups excluding carboxylic acids is 1. The fourth-order valence-corrected chi connectivity index (χ4v) is 1.81. The molecule has 0 N–H and O–H groups in total. The predicted molar refractivity (Wildman–Crippen MR) is 64.6 cm³/mol. The van der Waals surface area contributed by atoms with Crippen molar-refractivity contribution < 1.29 is 9.53 Å². The van der Waals surface area contributed by atoms with E-state index in [-0.39, 0.29) is 18.5 Å². The van der Waals surface area contributed by atoms with Crippen LogP contribution in [0.1, 0.15) is 24.2 Å². The Morgan fingerprint density at radius 1 is 1.53 bits per heavy atom. The van der Waals surface area contributed by atoms with Gasteiger partial charge in [-0.2, -0.15) is 0 Å². The molecule has 0 spiro atoms. The van der Waals surface area contributed by atoms with Crippen LogP contribution in [0.4, 0.5) is 0 Å². The van der Waals surface area contributed by atoms with Crippen molar-refractivity contribution in [1.82, 2.24) is 0 Å². The molecule has 15 heavy (non-hydrogen) atoms. The van der Waals surface area contributed by atoms with E-state index in [0.29, 0.717) is 10.6 Å². The minimum atomic E-state index is -0.0961. The van der Waals surface area contributed by atoms with Crippen LogP contribution >= 0.6 is 27.5 Å². The summed E-state index contributed by atoms with van der Waals surface area (Å²) in [7, 11) is 0. The molecular weight excluding hydrogens is 279 g/mol. The van der Waals surface area contributed by atoms with Crippen LogP contribution in [0, 0.1) is 0 Å². The second-order valence-corrected chi connectivity index (χ2v) is 4.73. The van der Waals surface area contributed by atoms with Gasteiger partial charge in [-0.3, -0.25) is 4.79 Å². The van der Waals surface area contributed by atoms with E-state index in [0.717, 1.165) is 4.47 Å². The highest BCUT2D eigenvalue weighted by atomic mass is 79.9. The maximum absolute atomic E-state index is 11.7. The molecule has 0 aliphatic carbocycles. The molecule has 1 rings (SSSR count). The molecule has 0 unspecified atom stereocenters. The van der Waals surface area contributed by atoms with Crippen LogP contribution in [-0.2, 0) is 4.74 Å². The number of rotatable bonds is 4. The summed E-state index contributed by atoms with van der Waals surface area (Å²) in [6.45, 7) is 3.84. The van der Waals surface area contributed by atoms with E-state index in [9.17, 15) is 4.79 Å². The number of ketones is 1. The average Bonchev–Trinajstić information content (AvgIpc) is 2.14. The predicted octanol–water partition coefficient (Wildman–Crippen LogP) is 3.71. The van der Waals surface area contributed by atoms with E-state index >= 15 is 0 Å². The van der Waals surface area contributed by atoms with Crippen LogP contribution in [0.15, 0.2) is 22.7 Å². The lowest BCUT2D eigenvalue weighted by molar-refractivity contribution is 0.0585. The molecule has 0 fully saturated rings. The van der Waals surface area contributed by atoms with Crippen molar-refractivity contribution in [2.24, 2.45) is 0 Å². The Kier molecular flexibility index (Phi) is 4.77. The zero-order valence-electron chi connectivity index (χ0n) is 8.59. The summed E-state index contributed by atoms with van der Waals surface area (Å²) in [6.07, 6.45) is 0.0446. The van der Waals surface area contributed by atoms with E-state index in [4.69, 9.17) is 16.3 Å². The molecule has 4 heteroatoms. The average molecular weight is 292 g/mol. The van der Waals surface area contributed by atoms with E-state index in [2.05, 4.69) is 15.9 Å². The maximum Gasteiger partial charge on any atom is 0.189 e. The molecule has 0 aliphatic rings. The van der Waals surface area contributed by atoms with Crippen molar-refractivity contribution in [2.75, 3.05) is 6.61 Å². The van der Waals surface area contributed by atoms with Crippen molar-refractivity contribution in [2.45, 2.75) is 20.0 Å². The lowest BCUT2D eigenvalue weighted by Gasteiger charge is -2.07. The summed E-state index contributed by atoms with van der Waals surface area (Å²) in [5.74, 6) is -0.0961. The van der Waals surface area contributed by atoms with Gasteiger partial charge < -0.3 is 4.74 Å². The smallest absolute Gasteiger partial charge is 0.189 e. The third kappa shape index (κ3) is 3.93. The first kappa shape index (κ1) is 12.7. The van der Waals surface area contributed by atoms with Gasteiger partial charge in [0.1, 0.15) is 6.61 Å². The second kappa shape index (κ2) is 5.64. The van der Waals surface area contributed by atoms with Gasteiger partial charge in [0.2, 0.25) is 0 Å². The molecule has 2 nitrogen and oxygen atoms in total. The molecule has 82 valence electrons. The molecule has 0 atom stereocenters. The number of ether oxygens (including phenoxy) is 1. The molecule has 0 aromatic heterocycles. The molecule has 0 heterocycles. The highest BCUT2D eigenvalue weighted by molar-refractivity contribution is 9.10. The van der Waals surface area contributed by atoms with Gasteiger partial charge in [0.05, 0.1) is 11.1 Å². The van der Waals surface area contributed by atoms with E-state index in [1.807, 2.05) is 13.8 Å². The summed E-state index contributed by atoms with van der Waals surface area (Å²) in [5, 5.41) is 0.446. The number of hydrogen-bond acceptors (Lipinski definition) is 2. The first-order chi connectivity index (χ1) is 7.00. The SMILES string of the molecule is CC(C)OCC(=O)c1ccc(Br)cc1Cl. The fourth-order valence-electron chi connectivity index (χ4n) is 1.04. The Morgan fingerprint density at radius 2 is 2.20 bits per heavy atom. The van der Waals surface area contributed by atoms with Crippen molar-refractivity contribution in [3.63, 3.8) is 0 Å². The molecule has 0 bridgehead atoms. The number of benzene rings is 1. The molecule has 1 aromatic carbocycles. The first-order valence-corrected chi connectivity index (χ1v) is 5.77. The van der Waals surface area contributed by atoms with Gasteiger partial charge in [-0.1, -0.05) is 27.5 Å².